The van der Waals surface area contributed by atoms with Crippen LogP contribution in [0.25, 0.3) is 10.2 Å². The Morgan fingerprint density at radius 2 is 2.13 bits per heavy atom. The van der Waals surface area contributed by atoms with E-state index in [0.717, 1.165) is 14.6 Å². The number of hydrogen-bond acceptors (Lipinski definition) is 7. The molecule has 0 saturated heterocycles. The fraction of sp³-hybridized carbons (Fsp3) is 0.400. The first-order valence-electron chi connectivity index (χ1n) is 7.03. The number of fused-ring (bicyclic) bond motifs is 1. The van der Waals surface area contributed by atoms with Gasteiger partial charge in [0.2, 0.25) is 0 Å². The van der Waals surface area contributed by atoms with Gasteiger partial charge in [0.1, 0.15) is 6.61 Å². The van der Waals surface area contributed by atoms with Gasteiger partial charge in [-0.25, -0.2) is 9.78 Å². The summed E-state index contributed by atoms with van der Waals surface area (Å²) in [5.74, 6) is 0. The number of amides is 1. The van der Waals surface area contributed by atoms with E-state index in [2.05, 4.69) is 14.7 Å². The molecule has 0 radical (unpaired) electrons. The van der Waals surface area contributed by atoms with E-state index >= 15 is 0 Å². The second-order valence-corrected chi connectivity index (χ2v) is 6.89. The smallest absolute Gasteiger partial charge is 0.437 e. The Morgan fingerprint density at radius 3 is 2.83 bits per heavy atom. The van der Waals surface area contributed by atoms with E-state index in [4.69, 9.17) is 9.47 Å². The SMILES string of the molecule is COC(=O)N=C(OCCOC(C)C)Sc1nc2ccccc2s1. The van der Waals surface area contributed by atoms with E-state index in [0.29, 0.717) is 13.2 Å². The van der Waals surface area contributed by atoms with Gasteiger partial charge in [-0.3, -0.25) is 0 Å². The summed E-state index contributed by atoms with van der Waals surface area (Å²) in [7, 11) is 1.27. The molecule has 1 heterocycles. The maximum Gasteiger partial charge on any atom is 0.437 e. The van der Waals surface area contributed by atoms with E-state index in [-0.39, 0.29) is 11.3 Å². The summed E-state index contributed by atoms with van der Waals surface area (Å²) < 4.78 is 17.3. The van der Waals surface area contributed by atoms with Crippen LogP contribution in [-0.2, 0) is 14.2 Å². The maximum atomic E-state index is 11.4. The Bertz CT molecular complexity index is 652. The van der Waals surface area contributed by atoms with Crippen LogP contribution >= 0.6 is 23.1 Å². The number of benzene rings is 1. The van der Waals surface area contributed by atoms with Gasteiger partial charge in [-0.1, -0.05) is 12.1 Å². The van der Waals surface area contributed by atoms with E-state index in [1.165, 1.54) is 30.2 Å². The van der Waals surface area contributed by atoms with Crippen LogP contribution in [0.1, 0.15) is 13.8 Å². The van der Waals surface area contributed by atoms with Crippen LogP contribution in [0, 0.1) is 0 Å². The normalized spacial score (nSPS) is 11.9. The van der Waals surface area contributed by atoms with Gasteiger partial charge in [-0.05, 0) is 26.0 Å². The Hall–Kier alpha value is -1.64. The summed E-state index contributed by atoms with van der Waals surface area (Å²) >= 11 is 2.71. The molecule has 0 N–H and O–H groups in total. The van der Waals surface area contributed by atoms with Gasteiger partial charge in [-0.15, -0.1) is 16.3 Å². The quantitative estimate of drug-likeness (QED) is 0.350. The highest BCUT2D eigenvalue weighted by molar-refractivity contribution is 8.14. The average molecular weight is 354 g/mol. The summed E-state index contributed by atoms with van der Waals surface area (Å²) in [6.07, 6.45) is -0.588. The van der Waals surface area contributed by atoms with Gasteiger partial charge in [0.05, 0.1) is 30.0 Å². The third-order valence-electron chi connectivity index (χ3n) is 2.57. The molecular weight excluding hydrogens is 336 g/mol. The Balaban J connectivity index is 2.04. The number of carbonyl (C=O) groups is 1. The maximum absolute atomic E-state index is 11.4. The van der Waals surface area contributed by atoms with Crippen molar-refractivity contribution < 1.29 is 19.0 Å². The number of carbonyl (C=O) groups excluding carboxylic acids is 1. The highest BCUT2D eigenvalue weighted by atomic mass is 32.2. The average Bonchev–Trinajstić information content (AvgIpc) is 2.93. The van der Waals surface area contributed by atoms with Crippen molar-refractivity contribution in [1.29, 1.82) is 0 Å². The van der Waals surface area contributed by atoms with Gasteiger partial charge in [0.25, 0.3) is 5.23 Å². The number of methoxy groups -OCH3 is 1. The number of rotatable bonds is 5. The zero-order valence-corrected chi connectivity index (χ0v) is 14.8. The lowest BCUT2D eigenvalue weighted by Crippen LogP contribution is -2.13. The molecule has 2 aromatic rings. The molecule has 0 saturated carbocycles. The molecule has 8 heteroatoms. The molecule has 1 aromatic carbocycles. The van der Waals surface area contributed by atoms with Crippen molar-refractivity contribution in [3.8, 4) is 0 Å². The van der Waals surface area contributed by atoms with Crippen molar-refractivity contribution in [3.05, 3.63) is 24.3 Å². The molecule has 0 aliphatic rings. The lowest BCUT2D eigenvalue weighted by atomic mass is 10.3. The van der Waals surface area contributed by atoms with E-state index < -0.39 is 6.09 Å². The highest BCUT2D eigenvalue weighted by Gasteiger charge is 2.12. The topological polar surface area (TPSA) is 70.0 Å². The van der Waals surface area contributed by atoms with Crippen LogP contribution in [0.15, 0.2) is 33.6 Å². The van der Waals surface area contributed by atoms with Gasteiger partial charge < -0.3 is 14.2 Å². The molecule has 0 aliphatic heterocycles. The predicted octanol–water partition coefficient (Wildman–Crippen LogP) is 3.95. The summed E-state index contributed by atoms with van der Waals surface area (Å²) in [6.45, 7) is 4.60. The molecule has 0 bridgehead atoms. The van der Waals surface area contributed by atoms with Gasteiger partial charge in [0.15, 0.2) is 4.34 Å². The van der Waals surface area contributed by atoms with E-state index in [1.807, 2.05) is 38.1 Å². The molecule has 6 nitrogen and oxygen atoms in total. The van der Waals surface area contributed by atoms with Crippen molar-refractivity contribution in [2.24, 2.45) is 4.99 Å². The van der Waals surface area contributed by atoms with Gasteiger partial charge >= 0.3 is 6.09 Å². The summed E-state index contributed by atoms with van der Waals surface area (Å²) in [6, 6.07) is 7.81. The first kappa shape index (κ1) is 17.7. The number of ether oxygens (including phenoxy) is 3. The lowest BCUT2D eigenvalue weighted by molar-refractivity contribution is 0.0535. The molecule has 124 valence electrons. The number of nitrogens with zero attached hydrogens (tertiary/aromatic N) is 2. The van der Waals surface area contributed by atoms with Crippen molar-refractivity contribution in [1.82, 2.24) is 4.98 Å². The zero-order chi connectivity index (χ0) is 16.7. The molecule has 0 aliphatic carbocycles. The number of thioether (sulfide) groups is 1. The summed E-state index contributed by atoms with van der Waals surface area (Å²) in [5.41, 5.74) is 0.903. The number of thiazole rings is 1. The number of hydrogen-bond donors (Lipinski definition) is 0. The Morgan fingerprint density at radius 1 is 1.35 bits per heavy atom. The molecule has 0 atom stereocenters. The third-order valence-corrected chi connectivity index (χ3v) is 4.55. The zero-order valence-electron chi connectivity index (χ0n) is 13.1. The van der Waals surface area contributed by atoms with Crippen LogP contribution in [-0.4, -0.2) is 42.7 Å². The van der Waals surface area contributed by atoms with Gasteiger partial charge in [0, 0.05) is 11.8 Å². The van der Waals surface area contributed by atoms with Crippen molar-refractivity contribution in [2.75, 3.05) is 20.3 Å². The molecule has 0 spiro atoms. The molecule has 1 amide bonds. The second kappa shape index (κ2) is 8.85. The molecule has 2 rings (SSSR count). The van der Waals surface area contributed by atoms with Crippen molar-refractivity contribution in [2.45, 2.75) is 24.3 Å². The number of aromatic nitrogens is 1. The Labute approximate surface area is 142 Å². The van der Waals surface area contributed by atoms with Gasteiger partial charge in [-0.2, -0.15) is 0 Å². The van der Waals surface area contributed by atoms with Crippen LogP contribution in [0.4, 0.5) is 4.79 Å². The molecule has 0 unspecified atom stereocenters. The van der Waals surface area contributed by atoms with Crippen LogP contribution in [0.5, 0.6) is 0 Å². The molecule has 23 heavy (non-hydrogen) atoms. The third kappa shape index (κ3) is 5.81. The van der Waals surface area contributed by atoms with Crippen LogP contribution < -0.4 is 0 Å². The van der Waals surface area contributed by atoms with E-state index in [1.54, 1.807) is 0 Å². The standard InChI is InChI=1S/C15H18N2O4S2/c1-10(2)20-8-9-21-14(17-13(18)19-3)23-15-16-11-6-4-5-7-12(11)22-15/h4-7,10H,8-9H2,1-3H3. The summed E-state index contributed by atoms with van der Waals surface area (Å²) in [4.78, 5) is 19.6. The minimum absolute atomic E-state index is 0.122. The summed E-state index contributed by atoms with van der Waals surface area (Å²) in [5, 5.41) is 0.197. The number of para-hydroxylation sites is 1. The highest BCUT2D eigenvalue weighted by Crippen LogP contribution is 2.30. The predicted molar refractivity (Wildman–Crippen MR) is 92.4 cm³/mol. The number of aliphatic imine (C=N–C) groups is 1. The second-order valence-electron chi connectivity index (χ2n) is 4.67. The monoisotopic (exact) mass is 354 g/mol. The first-order chi connectivity index (χ1) is 11.1. The fourth-order valence-corrected chi connectivity index (χ4v) is 3.49. The largest absolute Gasteiger partial charge is 0.470 e. The van der Waals surface area contributed by atoms with Crippen molar-refractivity contribution >= 4 is 44.6 Å². The lowest BCUT2D eigenvalue weighted by Gasteiger charge is -2.09. The molecular formula is C15H18N2O4S2. The van der Waals surface area contributed by atoms with Crippen molar-refractivity contribution in [3.63, 3.8) is 0 Å². The van der Waals surface area contributed by atoms with Crippen LogP contribution in [0.2, 0.25) is 0 Å². The first-order valence-corrected chi connectivity index (χ1v) is 8.66. The molecule has 1 aromatic heterocycles. The minimum Gasteiger partial charge on any atom is -0.470 e. The van der Waals surface area contributed by atoms with Crippen LogP contribution in [0.3, 0.4) is 0 Å². The molecule has 0 fully saturated rings. The fourth-order valence-electron chi connectivity index (χ4n) is 1.59. The minimum atomic E-state index is -0.710. The Kier molecular flexibility index (Phi) is 6.82. The van der Waals surface area contributed by atoms with E-state index in [9.17, 15) is 4.79 Å².